The van der Waals surface area contributed by atoms with Crippen LogP contribution in [-0.2, 0) is 17.8 Å². The number of nitrogens with zero attached hydrogens (tertiary/aromatic N) is 3. The number of hydrogen-bond acceptors (Lipinski definition) is 4. The molecular weight excluding hydrogens is 216 g/mol. The molecule has 0 fully saturated rings. The van der Waals surface area contributed by atoms with Crippen molar-refractivity contribution in [3.63, 3.8) is 0 Å². The molecule has 1 heterocycles. The van der Waals surface area contributed by atoms with Gasteiger partial charge < -0.3 is 10.1 Å². The van der Waals surface area contributed by atoms with Crippen LogP contribution in [0, 0.1) is 0 Å². The fourth-order valence-corrected chi connectivity index (χ4v) is 1.28. The Balaban J connectivity index is 2.31. The Labute approximate surface area is 104 Å². The van der Waals surface area contributed by atoms with E-state index in [0.717, 1.165) is 18.8 Å². The first kappa shape index (κ1) is 14.1. The summed E-state index contributed by atoms with van der Waals surface area (Å²) in [5.74, 6) is 0. The lowest BCUT2D eigenvalue weighted by Gasteiger charge is -2.19. The van der Waals surface area contributed by atoms with Crippen LogP contribution in [0.25, 0.3) is 0 Å². The molecule has 0 atom stereocenters. The van der Waals surface area contributed by atoms with Crippen molar-refractivity contribution < 1.29 is 4.74 Å². The molecule has 0 aliphatic heterocycles. The van der Waals surface area contributed by atoms with E-state index in [-0.39, 0.29) is 5.60 Å². The van der Waals surface area contributed by atoms with Crippen molar-refractivity contribution in [1.82, 2.24) is 20.3 Å². The zero-order chi connectivity index (χ0) is 12.9. The largest absolute Gasteiger partial charge is 0.374 e. The Kier molecular flexibility index (Phi) is 5.08. The summed E-state index contributed by atoms with van der Waals surface area (Å²) in [4.78, 5) is 0. The maximum atomic E-state index is 5.64. The Bertz CT molecular complexity index is 327. The van der Waals surface area contributed by atoms with E-state index in [1.54, 1.807) is 0 Å². The van der Waals surface area contributed by atoms with Crippen molar-refractivity contribution in [1.29, 1.82) is 0 Å². The van der Waals surface area contributed by atoms with E-state index in [4.69, 9.17) is 4.74 Å². The first-order valence-electron chi connectivity index (χ1n) is 6.13. The molecule has 0 unspecified atom stereocenters. The van der Waals surface area contributed by atoms with Crippen molar-refractivity contribution in [3.8, 4) is 0 Å². The average molecular weight is 240 g/mol. The summed E-state index contributed by atoms with van der Waals surface area (Å²) in [5.41, 5.74) is 0.872. The summed E-state index contributed by atoms with van der Waals surface area (Å²) in [6.45, 7) is 12.5. The van der Waals surface area contributed by atoms with Crippen LogP contribution < -0.4 is 5.32 Å². The van der Waals surface area contributed by atoms with E-state index in [2.05, 4.69) is 29.5 Å². The molecule has 0 saturated carbocycles. The second kappa shape index (κ2) is 6.12. The molecule has 0 saturated heterocycles. The highest BCUT2D eigenvalue weighted by Gasteiger charge is 2.09. The van der Waals surface area contributed by atoms with Crippen LogP contribution in [0.2, 0.25) is 0 Å². The van der Waals surface area contributed by atoms with E-state index in [0.29, 0.717) is 12.6 Å². The molecule has 1 rings (SSSR count). The second-order valence-electron chi connectivity index (χ2n) is 5.47. The zero-order valence-electron chi connectivity index (χ0n) is 11.5. The number of aromatic nitrogens is 3. The number of ether oxygens (including phenoxy) is 1. The topological polar surface area (TPSA) is 52.0 Å². The van der Waals surface area contributed by atoms with Gasteiger partial charge in [0.15, 0.2) is 0 Å². The van der Waals surface area contributed by atoms with Gasteiger partial charge in [0, 0.05) is 18.8 Å². The van der Waals surface area contributed by atoms with Crippen LogP contribution in [0.1, 0.15) is 40.3 Å². The minimum Gasteiger partial charge on any atom is -0.374 e. The molecule has 0 amide bonds. The molecule has 5 heteroatoms. The van der Waals surface area contributed by atoms with Gasteiger partial charge in [0.2, 0.25) is 0 Å². The maximum absolute atomic E-state index is 5.64. The van der Waals surface area contributed by atoms with E-state index in [1.807, 2.05) is 31.6 Å². The summed E-state index contributed by atoms with van der Waals surface area (Å²) in [6.07, 6.45) is 1.96. The smallest absolute Gasteiger partial charge is 0.0964 e. The molecule has 0 radical (unpaired) electrons. The highest BCUT2D eigenvalue weighted by atomic mass is 16.5. The lowest BCUT2D eigenvalue weighted by atomic mass is 10.2. The highest BCUT2D eigenvalue weighted by molar-refractivity contribution is 4.91. The van der Waals surface area contributed by atoms with E-state index >= 15 is 0 Å². The molecular formula is C12H24N4O. The van der Waals surface area contributed by atoms with Crippen LogP contribution >= 0.6 is 0 Å². The van der Waals surface area contributed by atoms with E-state index in [9.17, 15) is 0 Å². The molecule has 5 nitrogen and oxygen atoms in total. The Morgan fingerprint density at radius 3 is 2.71 bits per heavy atom. The molecule has 1 N–H and O–H groups in total. The predicted octanol–water partition coefficient (Wildman–Crippen LogP) is 1.59. The quantitative estimate of drug-likeness (QED) is 0.820. The molecule has 17 heavy (non-hydrogen) atoms. The highest BCUT2D eigenvalue weighted by Crippen LogP contribution is 2.06. The van der Waals surface area contributed by atoms with Crippen molar-refractivity contribution in [3.05, 3.63) is 11.9 Å². The summed E-state index contributed by atoms with van der Waals surface area (Å²) in [6, 6.07) is 0.462. The third kappa shape index (κ3) is 6.38. The van der Waals surface area contributed by atoms with Crippen molar-refractivity contribution in [2.45, 2.75) is 59.4 Å². The molecule has 98 valence electrons. The number of nitrogens with one attached hydrogen (secondary N) is 1. The van der Waals surface area contributed by atoms with Crippen molar-refractivity contribution >= 4 is 0 Å². The monoisotopic (exact) mass is 240 g/mol. The van der Waals surface area contributed by atoms with Gasteiger partial charge in [-0.25, -0.2) is 4.68 Å². The van der Waals surface area contributed by atoms with Crippen LogP contribution in [0.4, 0.5) is 0 Å². The molecule has 0 aliphatic rings. The lowest BCUT2D eigenvalue weighted by molar-refractivity contribution is -0.00805. The first-order valence-corrected chi connectivity index (χ1v) is 6.13. The fraction of sp³-hybridized carbons (Fsp3) is 0.833. The van der Waals surface area contributed by atoms with Crippen molar-refractivity contribution in [2.75, 3.05) is 6.61 Å². The van der Waals surface area contributed by atoms with Crippen LogP contribution in [0.15, 0.2) is 6.20 Å². The van der Waals surface area contributed by atoms with Gasteiger partial charge in [-0.3, -0.25) is 0 Å². The standard InChI is InChI=1S/C12H24N4O/c1-10(2)13-8-11-9-16(15-14-11)6-7-17-12(3,4)5/h9-10,13H,6-8H2,1-5H3. The fourth-order valence-electron chi connectivity index (χ4n) is 1.28. The normalized spacial score (nSPS) is 12.4. The van der Waals surface area contributed by atoms with Gasteiger partial charge >= 0.3 is 0 Å². The third-order valence-corrected chi connectivity index (χ3v) is 2.13. The maximum Gasteiger partial charge on any atom is 0.0964 e. The summed E-state index contributed by atoms with van der Waals surface area (Å²) in [5, 5.41) is 11.5. The molecule has 0 aliphatic carbocycles. The lowest BCUT2D eigenvalue weighted by Crippen LogP contribution is -2.22. The van der Waals surface area contributed by atoms with E-state index < -0.39 is 0 Å². The molecule has 1 aromatic rings. The summed E-state index contributed by atoms with van der Waals surface area (Å²) in [7, 11) is 0. The SMILES string of the molecule is CC(C)NCc1cn(CCOC(C)(C)C)nn1. The van der Waals surface area contributed by atoms with Gasteiger partial charge in [0.25, 0.3) is 0 Å². The average Bonchev–Trinajstić information content (AvgIpc) is 2.61. The van der Waals surface area contributed by atoms with Crippen LogP contribution in [-0.4, -0.2) is 33.2 Å². The predicted molar refractivity (Wildman–Crippen MR) is 67.7 cm³/mol. The third-order valence-electron chi connectivity index (χ3n) is 2.13. The number of rotatable bonds is 6. The first-order chi connectivity index (χ1) is 7.87. The van der Waals surface area contributed by atoms with Gasteiger partial charge in [0.1, 0.15) is 0 Å². The van der Waals surface area contributed by atoms with Gasteiger partial charge in [-0.05, 0) is 20.8 Å². The van der Waals surface area contributed by atoms with Crippen LogP contribution in [0.5, 0.6) is 0 Å². The van der Waals surface area contributed by atoms with Gasteiger partial charge in [0.05, 0.1) is 24.4 Å². The minimum absolute atomic E-state index is 0.0946. The Hall–Kier alpha value is -0.940. The van der Waals surface area contributed by atoms with Gasteiger partial charge in [-0.15, -0.1) is 5.10 Å². The van der Waals surface area contributed by atoms with Gasteiger partial charge in [-0.2, -0.15) is 0 Å². The molecule has 1 aromatic heterocycles. The molecule has 0 spiro atoms. The van der Waals surface area contributed by atoms with Crippen LogP contribution in [0.3, 0.4) is 0 Å². The summed E-state index contributed by atoms with van der Waals surface area (Å²) >= 11 is 0. The Morgan fingerprint density at radius 2 is 2.12 bits per heavy atom. The Morgan fingerprint density at radius 1 is 1.41 bits per heavy atom. The van der Waals surface area contributed by atoms with E-state index in [1.165, 1.54) is 0 Å². The second-order valence-corrected chi connectivity index (χ2v) is 5.47. The minimum atomic E-state index is -0.0946. The summed E-state index contributed by atoms with van der Waals surface area (Å²) < 4.78 is 7.46. The molecule has 0 bridgehead atoms. The van der Waals surface area contributed by atoms with Gasteiger partial charge in [-0.1, -0.05) is 19.1 Å². The molecule has 0 aromatic carbocycles. The zero-order valence-corrected chi connectivity index (χ0v) is 11.5. The number of hydrogen-bond donors (Lipinski definition) is 1. The van der Waals surface area contributed by atoms with Crippen molar-refractivity contribution in [2.24, 2.45) is 0 Å².